The fourth-order valence-corrected chi connectivity index (χ4v) is 3.16. The zero-order valence-corrected chi connectivity index (χ0v) is 11.8. The van der Waals surface area contributed by atoms with Crippen LogP contribution in [0.1, 0.15) is 30.7 Å². The highest BCUT2D eigenvalue weighted by atomic mass is 16.5. The number of carboxylic acids is 1. The molecule has 0 unspecified atom stereocenters. The molecule has 0 spiro atoms. The molecule has 1 aromatic rings. The van der Waals surface area contributed by atoms with Crippen LogP contribution < -0.4 is 4.74 Å². The molecule has 5 nitrogen and oxygen atoms in total. The first-order chi connectivity index (χ1) is 10.1. The average molecular weight is 289 g/mol. The van der Waals surface area contributed by atoms with Crippen LogP contribution in [-0.2, 0) is 9.59 Å². The zero-order chi connectivity index (χ0) is 14.8. The van der Waals surface area contributed by atoms with Crippen molar-refractivity contribution in [1.29, 1.82) is 0 Å². The van der Waals surface area contributed by atoms with E-state index in [1.807, 2.05) is 24.3 Å². The highest BCUT2D eigenvalue weighted by Crippen LogP contribution is 2.36. The molecule has 0 radical (unpaired) electrons. The van der Waals surface area contributed by atoms with Gasteiger partial charge in [-0.1, -0.05) is 18.2 Å². The van der Waals surface area contributed by atoms with Crippen LogP contribution in [0.5, 0.6) is 5.75 Å². The third-order valence-corrected chi connectivity index (χ3v) is 4.39. The number of hydrogen-bond donors (Lipinski definition) is 1. The Balaban J connectivity index is 1.65. The maximum absolute atomic E-state index is 12.4. The average Bonchev–Trinajstić information content (AvgIpc) is 2.98. The van der Waals surface area contributed by atoms with Gasteiger partial charge >= 0.3 is 5.97 Å². The van der Waals surface area contributed by atoms with Gasteiger partial charge in [0.1, 0.15) is 5.75 Å². The summed E-state index contributed by atoms with van der Waals surface area (Å²) in [6.45, 7) is 1.53. The van der Waals surface area contributed by atoms with Crippen LogP contribution in [-0.4, -0.2) is 41.6 Å². The van der Waals surface area contributed by atoms with Gasteiger partial charge in [-0.25, -0.2) is 0 Å². The first-order valence-electron chi connectivity index (χ1n) is 7.37. The maximum Gasteiger partial charge on any atom is 0.308 e. The number of para-hydroxylation sites is 1. The lowest BCUT2D eigenvalue weighted by Gasteiger charge is -2.27. The van der Waals surface area contributed by atoms with Gasteiger partial charge in [0.15, 0.2) is 0 Å². The van der Waals surface area contributed by atoms with Crippen LogP contribution in [0.2, 0.25) is 0 Å². The van der Waals surface area contributed by atoms with Crippen molar-refractivity contribution in [2.75, 3.05) is 19.7 Å². The number of amides is 1. The zero-order valence-electron chi connectivity index (χ0n) is 11.8. The molecule has 1 amide bonds. The van der Waals surface area contributed by atoms with E-state index in [0.717, 1.165) is 17.7 Å². The molecule has 5 heteroatoms. The van der Waals surface area contributed by atoms with E-state index in [9.17, 15) is 9.59 Å². The monoisotopic (exact) mass is 289 g/mol. The summed E-state index contributed by atoms with van der Waals surface area (Å²) < 4.78 is 5.61. The standard InChI is InChI=1S/C16H19NO4/c18-15(17-7-5-12(10-17)16(19)20)9-11-6-8-21-14-4-2-1-3-13(11)14/h1-4,11-12H,5-10H2,(H,19,20)/t11-,12-/m1/s1. The first kappa shape index (κ1) is 13.9. The number of hydrogen-bond acceptors (Lipinski definition) is 3. The van der Waals surface area contributed by atoms with Crippen molar-refractivity contribution in [3.8, 4) is 5.75 Å². The van der Waals surface area contributed by atoms with Crippen molar-refractivity contribution in [3.63, 3.8) is 0 Å². The summed E-state index contributed by atoms with van der Waals surface area (Å²) in [5.74, 6) is -0.115. The van der Waals surface area contributed by atoms with E-state index < -0.39 is 11.9 Å². The summed E-state index contributed by atoms with van der Waals surface area (Å²) in [5, 5.41) is 9.01. The van der Waals surface area contributed by atoms with Gasteiger partial charge in [-0.2, -0.15) is 0 Å². The minimum atomic E-state index is -0.804. The fraction of sp³-hybridized carbons (Fsp3) is 0.500. The van der Waals surface area contributed by atoms with Crippen molar-refractivity contribution in [2.24, 2.45) is 5.92 Å². The van der Waals surface area contributed by atoms with Gasteiger partial charge in [-0.15, -0.1) is 0 Å². The van der Waals surface area contributed by atoms with E-state index in [1.165, 1.54) is 0 Å². The van der Waals surface area contributed by atoms with Gasteiger partial charge in [0.25, 0.3) is 0 Å². The molecule has 3 rings (SSSR count). The molecular formula is C16H19NO4. The van der Waals surface area contributed by atoms with Crippen molar-refractivity contribution < 1.29 is 19.4 Å². The number of aliphatic carboxylic acids is 1. The number of likely N-dealkylation sites (tertiary alicyclic amines) is 1. The second kappa shape index (κ2) is 5.76. The van der Waals surface area contributed by atoms with Crippen LogP contribution in [0.3, 0.4) is 0 Å². The van der Waals surface area contributed by atoms with E-state index in [0.29, 0.717) is 32.5 Å². The van der Waals surface area contributed by atoms with Crippen LogP contribution >= 0.6 is 0 Å². The Bertz CT molecular complexity index is 557. The maximum atomic E-state index is 12.4. The lowest BCUT2D eigenvalue weighted by Crippen LogP contribution is -2.31. The minimum absolute atomic E-state index is 0.0560. The highest BCUT2D eigenvalue weighted by molar-refractivity contribution is 5.79. The van der Waals surface area contributed by atoms with Crippen molar-refractivity contribution >= 4 is 11.9 Å². The van der Waals surface area contributed by atoms with Crippen molar-refractivity contribution in [2.45, 2.75) is 25.2 Å². The molecule has 0 aromatic heterocycles. The van der Waals surface area contributed by atoms with Gasteiger partial charge in [0, 0.05) is 19.5 Å². The lowest BCUT2D eigenvalue weighted by atomic mass is 9.90. The molecular weight excluding hydrogens is 270 g/mol. The Morgan fingerprint density at radius 3 is 2.86 bits per heavy atom. The number of ether oxygens (including phenoxy) is 1. The van der Waals surface area contributed by atoms with Crippen molar-refractivity contribution in [1.82, 2.24) is 4.90 Å². The Morgan fingerprint density at radius 2 is 2.10 bits per heavy atom. The molecule has 2 atom stereocenters. The largest absolute Gasteiger partial charge is 0.493 e. The molecule has 112 valence electrons. The molecule has 1 N–H and O–H groups in total. The van der Waals surface area contributed by atoms with E-state index in [-0.39, 0.29) is 11.8 Å². The Morgan fingerprint density at radius 1 is 1.29 bits per heavy atom. The number of carboxylic acid groups (broad SMARTS) is 1. The Kier molecular flexibility index (Phi) is 3.82. The van der Waals surface area contributed by atoms with Crippen molar-refractivity contribution in [3.05, 3.63) is 29.8 Å². The molecule has 0 aliphatic carbocycles. The smallest absolute Gasteiger partial charge is 0.308 e. The van der Waals surface area contributed by atoms with E-state index in [1.54, 1.807) is 4.90 Å². The fourth-order valence-electron chi connectivity index (χ4n) is 3.16. The van der Waals surface area contributed by atoms with Gasteiger partial charge in [-0.3, -0.25) is 9.59 Å². The van der Waals surface area contributed by atoms with E-state index in [2.05, 4.69) is 0 Å². The number of carbonyl (C=O) groups excluding carboxylic acids is 1. The second-order valence-electron chi connectivity index (χ2n) is 5.74. The van der Waals surface area contributed by atoms with Crippen LogP contribution in [0.15, 0.2) is 24.3 Å². The van der Waals surface area contributed by atoms with Crippen LogP contribution in [0, 0.1) is 5.92 Å². The molecule has 2 aliphatic rings. The Labute approximate surface area is 123 Å². The minimum Gasteiger partial charge on any atom is -0.493 e. The highest BCUT2D eigenvalue weighted by Gasteiger charge is 2.32. The van der Waals surface area contributed by atoms with Crippen LogP contribution in [0.25, 0.3) is 0 Å². The summed E-state index contributed by atoms with van der Waals surface area (Å²) >= 11 is 0. The molecule has 21 heavy (non-hydrogen) atoms. The third kappa shape index (κ3) is 2.86. The summed E-state index contributed by atoms with van der Waals surface area (Å²) in [5.41, 5.74) is 1.09. The van der Waals surface area contributed by atoms with Crippen LogP contribution in [0.4, 0.5) is 0 Å². The number of rotatable bonds is 3. The number of fused-ring (bicyclic) bond motifs is 1. The summed E-state index contributed by atoms with van der Waals surface area (Å²) in [6, 6.07) is 7.83. The topological polar surface area (TPSA) is 66.8 Å². The van der Waals surface area contributed by atoms with Gasteiger partial charge in [0.2, 0.25) is 5.91 Å². The SMILES string of the molecule is O=C(O)[C@@H]1CCN(C(=O)C[C@H]2CCOc3ccccc32)C1. The molecule has 1 fully saturated rings. The van der Waals surface area contributed by atoms with E-state index in [4.69, 9.17) is 9.84 Å². The first-order valence-corrected chi connectivity index (χ1v) is 7.37. The number of benzene rings is 1. The predicted molar refractivity (Wildman–Crippen MR) is 76.2 cm³/mol. The normalized spacial score (nSPS) is 24.3. The third-order valence-electron chi connectivity index (χ3n) is 4.39. The lowest BCUT2D eigenvalue weighted by molar-refractivity contribution is -0.141. The van der Waals surface area contributed by atoms with Gasteiger partial charge in [0.05, 0.1) is 12.5 Å². The number of nitrogens with zero attached hydrogens (tertiary/aromatic N) is 1. The quantitative estimate of drug-likeness (QED) is 0.922. The summed E-state index contributed by atoms with van der Waals surface area (Å²) in [7, 11) is 0. The molecule has 0 bridgehead atoms. The van der Waals surface area contributed by atoms with Gasteiger partial charge < -0.3 is 14.7 Å². The predicted octanol–water partition coefficient (Wildman–Crippen LogP) is 1.88. The summed E-state index contributed by atoms with van der Waals surface area (Å²) in [4.78, 5) is 25.0. The summed E-state index contributed by atoms with van der Waals surface area (Å²) in [6.07, 6.45) is 1.83. The number of carbonyl (C=O) groups is 2. The molecule has 1 aromatic carbocycles. The Hall–Kier alpha value is -2.04. The molecule has 2 heterocycles. The molecule has 0 saturated carbocycles. The molecule has 1 saturated heterocycles. The van der Waals surface area contributed by atoms with Gasteiger partial charge in [-0.05, 0) is 30.4 Å². The van der Waals surface area contributed by atoms with E-state index >= 15 is 0 Å². The second-order valence-corrected chi connectivity index (χ2v) is 5.74. The molecule has 2 aliphatic heterocycles.